The van der Waals surface area contributed by atoms with Gasteiger partial charge in [-0.05, 0) is 46.9 Å². The molecule has 3 heteroatoms. The third kappa shape index (κ3) is 2.33. The standard InChI is InChI=1S/C11H7BrIN/c12-9-4-5-14-11(7-9)8-2-1-3-10(13)6-8/h1-7H. The Labute approximate surface area is 105 Å². The molecule has 1 aromatic carbocycles. The van der Waals surface area contributed by atoms with Crippen molar-refractivity contribution in [1.29, 1.82) is 0 Å². The lowest BCUT2D eigenvalue weighted by molar-refractivity contribution is 1.31. The number of rotatable bonds is 1. The van der Waals surface area contributed by atoms with Crippen LogP contribution in [0.1, 0.15) is 0 Å². The topological polar surface area (TPSA) is 12.9 Å². The first kappa shape index (κ1) is 10.1. The number of aromatic nitrogens is 1. The SMILES string of the molecule is Brc1ccnc(-c2cccc(I)c2)c1. The molecular formula is C11H7BrIN. The minimum absolute atomic E-state index is 0.998. The molecule has 0 saturated heterocycles. The van der Waals surface area contributed by atoms with Crippen molar-refractivity contribution in [2.24, 2.45) is 0 Å². The number of halogens is 2. The molecular weight excluding hydrogens is 353 g/mol. The molecule has 0 aliphatic rings. The average molecular weight is 360 g/mol. The number of benzene rings is 1. The van der Waals surface area contributed by atoms with Crippen molar-refractivity contribution in [2.75, 3.05) is 0 Å². The van der Waals surface area contributed by atoms with Crippen molar-refractivity contribution in [2.45, 2.75) is 0 Å². The molecule has 0 unspecified atom stereocenters. The molecule has 2 aromatic rings. The van der Waals surface area contributed by atoms with Gasteiger partial charge in [0.25, 0.3) is 0 Å². The van der Waals surface area contributed by atoms with Crippen LogP contribution in [0, 0.1) is 3.57 Å². The number of hydrogen-bond acceptors (Lipinski definition) is 1. The monoisotopic (exact) mass is 359 g/mol. The average Bonchev–Trinajstić information content (AvgIpc) is 2.18. The lowest BCUT2D eigenvalue weighted by Crippen LogP contribution is -1.83. The van der Waals surface area contributed by atoms with E-state index in [4.69, 9.17) is 0 Å². The third-order valence-electron chi connectivity index (χ3n) is 1.84. The molecule has 0 spiro atoms. The Hall–Kier alpha value is -0.420. The molecule has 0 radical (unpaired) electrons. The summed E-state index contributed by atoms with van der Waals surface area (Å²) in [5, 5.41) is 0. The van der Waals surface area contributed by atoms with E-state index in [2.05, 4.69) is 61.7 Å². The van der Waals surface area contributed by atoms with Crippen LogP contribution in [0.2, 0.25) is 0 Å². The molecule has 0 saturated carbocycles. The summed E-state index contributed by atoms with van der Waals surface area (Å²) < 4.78 is 2.28. The van der Waals surface area contributed by atoms with E-state index in [0.717, 1.165) is 15.7 Å². The molecule has 0 bridgehead atoms. The Morgan fingerprint density at radius 2 is 2.00 bits per heavy atom. The molecule has 14 heavy (non-hydrogen) atoms. The summed E-state index contributed by atoms with van der Waals surface area (Å²) >= 11 is 5.74. The van der Waals surface area contributed by atoms with Crippen LogP contribution in [0.15, 0.2) is 47.1 Å². The van der Waals surface area contributed by atoms with E-state index in [9.17, 15) is 0 Å². The van der Waals surface area contributed by atoms with Gasteiger partial charge in [-0.25, -0.2) is 0 Å². The second-order valence-corrected chi connectivity index (χ2v) is 5.03. The zero-order valence-corrected chi connectivity index (χ0v) is 11.0. The molecule has 0 amide bonds. The maximum absolute atomic E-state index is 4.32. The van der Waals surface area contributed by atoms with Gasteiger partial charge in [0.15, 0.2) is 0 Å². The van der Waals surface area contributed by atoms with Crippen LogP contribution in [-0.4, -0.2) is 4.98 Å². The summed E-state index contributed by atoms with van der Waals surface area (Å²) in [5.74, 6) is 0. The fraction of sp³-hybridized carbons (Fsp3) is 0. The first-order valence-corrected chi connectivity index (χ1v) is 6.00. The van der Waals surface area contributed by atoms with Crippen LogP contribution in [0.5, 0.6) is 0 Å². The largest absolute Gasteiger partial charge is 0.256 e. The smallest absolute Gasteiger partial charge is 0.0713 e. The maximum atomic E-state index is 4.32. The minimum atomic E-state index is 0.998. The summed E-state index contributed by atoms with van der Waals surface area (Å²) in [6.45, 7) is 0. The maximum Gasteiger partial charge on any atom is 0.0713 e. The van der Waals surface area contributed by atoms with E-state index in [-0.39, 0.29) is 0 Å². The first-order valence-electron chi connectivity index (χ1n) is 4.13. The van der Waals surface area contributed by atoms with Crippen molar-refractivity contribution >= 4 is 38.5 Å². The molecule has 0 atom stereocenters. The van der Waals surface area contributed by atoms with Crippen molar-refractivity contribution in [1.82, 2.24) is 4.98 Å². The highest BCUT2D eigenvalue weighted by Gasteiger charge is 1.99. The van der Waals surface area contributed by atoms with Crippen LogP contribution in [0.3, 0.4) is 0 Å². The zero-order valence-electron chi connectivity index (χ0n) is 7.24. The van der Waals surface area contributed by atoms with Gasteiger partial charge in [0.2, 0.25) is 0 Å². The quantitative estimate of drug-likeness (QED) is 0.698. The van der Waals surface area contributed by atoms with Gasteiger partial charge in [-0.3, -0.25) is 4.98 Å². The normalized spacial score (nSPS) is 10.1. The van der Waals surface area contributed by atoms with Crippen molar-refractivity contribution < 1.29 is 0 Å². The second-order valence-electron chi connectivity index (χ2n) is 2.87. The highest BCUT2D eigenvalue weighted by Crippen LogP contribution is 2.21. The van der Waals surface area contributed by atoms with Gasteiger partial charge in [0, 0.05) is 19.8 Å². The van der Waals surface area contributed by atoms with E-state index in [0.29, 0.717) is 0 Å². The first-order chi connectivity index (χ1) is 6.75. The Morgan fingerprint density at radius 3 is 2.71 bits per heavy atom. The highest BCUT2D eigenvalue weighted by atomic mass is 127. The zero-order chi connectivity index (χ0) is 9.97. The number of hydrogen-bond donors (Lipinski definition) is 0. The third-order valence-corrected chi connectivity index (χ3v) is 3.01. The fourth-order valence-corrected chi connectivity index (χ4v) is 2.09. The molecule has 2 rings (SSSR count). The summed E-state index contributed by atoms with van der Waals surface area (Å²) in [6.07, 6.45) is 1.80. The predicted molar refractivity (Wildman–Crippen MR) is 70.1 cm³/mol. The Kier molecular flexibility index (Phi) is 3.18. The lowest BCUT2D eigenvalue weighted by atomic mass is 10.1. The van der Waals surface area contributed by atoms with Crippen LogP contribution >= 0.6 is 38.5 Å². The fourth-order valence-electron chi connectivity index (χ4n) is 1.21. The molecule has 0 N–H and O–H groups in total. The van der Waals surface area contributed by atoms with Gasteiger partial charge in [0.1, 0.15) is 0 Å². The molecule has 0 aliphatic carbocycles. The van der Waals surface area contributed by atoms with E-state index in [1.54, 1.807) is 6.20 Å². The van der Waals surface area contributed by atoms with E-state index < -0.39 is 0 Å². The molecule has 1 aromatic heterocycles. The van der Waals surface area contributed by atoms with Gasteiger partial charge in [0.05, 0.1) is 5.69 Å². The van der Waals surface area contributed by atoms with Crippen LogP contribution in [0.4, 0.5) is 0 Å². The molecule has 0 aliphatic heterocycles. The van der Waals surface area contributed by atoms with Crippen molar-refractivity contribution in [3.05, 3.63) is 50.6 Å². The van der Waals surface area contributed by atoms with E-state index in [1.165, 1.54) is 3.57 Å². The predicted octanol–water partition coefficient (Wildman–Crippen LogP) is 4.12. The molecule has 0 fully saturated rings. The van der Waals surface area contributed by atoms with Gasteiger partial charge < -0.3 is 0 Å². The number of pyridine rings is 1. The van der Waals surface area contributed by atoms with Crippen molar-refractivity contribution in [3.63, 3.8) is 0 Å². The molecule has 1 heterocycles. The van der Waals surface area contributed by atoms with Gasteiger partial charge in [-0.1, -0.05) is 28.1 Å². The van der Waals surface area contributed by atoms with Crippen LogP contribution < -0.4 is 0 Å². The highest BCUT2D eigenvalue weighted by molar-refractivity contribution is 14.1. The van der Waals surface area contributed by atoms with Crippen LogP contribution in [-0.2, 0) is 0 Å². The van der Waals surface area contributed by atoms with Crippen LogP contribution in [0.25, 0.3) is 11.3 Å². The number of nitrogens with zero attached hydrogens (tertiary/aromatic N) is 1. The van der Waals surface area contributed by atoms with Gasteiger partial charge >= 0.3 is 0 Å². The van der Waals surface area contributed by atoms with Crippen molar-refractivity contribution in [3.8, 4) is 11.3 Å². The second kappa shape index (κ2) is 4.40. The molecule has 1 nitrogen and oxygen atoms in total. The summed E-state index contributed by atoms with van der Waals surface area (Å²) in [6, 6.07) is 12.2. The van der Waals surface area contributed by atoms with E-state index >= 15 is 0 Å². The molecule has 70 valence electrons. The summed E-state index contributed by atoms with van der Waals surface area (Å²) in [4.78, 5) is 4.32. The van der Waals surface area contributed by atoms with Gasteiger partial charge in [-0.15, -0.1) is 0 Å². The van der Waals surface area contributed by atoms with E-state index in [1.807, 2.05) is 18.2 Å². The lowest BCUT2D eigenvalue weighted by Gasteiger charge is -2.01. The summed E-state index contributed by atoms with van der Waals surface area (Å²) in [5.41, 5.74) is 2.15. The summed E-state index contributed by atoms with van der Waals surface area (Å²) in [7, 11) is 0. The van der Waals surface area contributed by atoms with Gasteiger partial charge in [-0.2, -0.15) is 0 Å². The minimum Gasteiger partial charge on any atom is -0.256 e. The Bertz CT molecular complexity index is 413. The Balaban J connectivity index is 2.49. The Morgan fingerprint density at radius 1 is 1.14 bits per heavy atom.